The lowest BCUT2D eigenvalue weighted by Gasteiger charge is -2.14. The number of aromatic nitrogens is 1. The minimum atomic E-state index is 0.194. The highest BCUT2D eigenvalue weighted by molar-refractivity contribution is 5.23. The average molecular weight is 243 g/mol. The largest absolute Gasteiger partial charge is 0.364 e. The van der Waals surface area contributed by atoms with Crippen molar-refractivity contribution >= 4 is 0 Å². The summed E-state index contributed by atoms with van der Waals surface area (Å²) in [5.41, 5.74) is 8.54. The number of nitrogens with zero attached hydrogens (tertiary/aromatic N) is 2. The molecular formula is C14H17N3O. The molecule has 1 aliphatic heterocycles. The third kappa shape index (κ3) is 2.30. The van der Waals surface area contributed by atoms with Gasteiger partial charge in [-0.05, 0) is 5.56 Å². The van der Waals surface area contributed by atoms with Gasteiger partial charge in [0.05, 0.1) is 5.69 Å². The summed E-state index contributed by atoms with van der Waals surface area (Å²) in [4.78, 5) is 2.33. The molecule has 0 amide bonds. The summed E-state index contributed by atoms with van der Waals surface area (Å²) in [5, 5.41) is 3.95. The van der Waals surface area contributed by atoms with Crippen LogP contribution in [0.15, 0.2) is 47.2 Å². The lowest BCUT2D eigenvalue weighted by molar-refractivity contribution is 0.307. The summed E-state index contributed by atoms with van der Waals surface area (Å²) in [6.07, 6.45) is 1.61. The van der Waals surface area contributed by atoms with Crippen molar-refractivity contribution < 1.29 is 4.52 Å². The molecule has 3 rings (SSSR count). The Morgan fingerprint density at radius 2 is 2.06 bits per heavy atom. The van der Waals surface area contributed by atoms with Gasteiger partial charge in [0.15, 0.2) is 0 Å². The van der Waals surface area contributed by atoms with E-state index in [1.54, 1.807) is 6.26 Å². The van der Waals surface area contributed by atoms with Crippen molar-refractivity contribution in [3.05, 3.63) is 53.9 Å². The Bertz CT molecular complexity index is 483. The lowest BCUT2D eigenvalue weighted by Crippen LogP contribution is -2.28. The van der Waals surface area contributed by atoms with Crippen LogP contribution in [0, 0.1) is 0 Å². The van der Waals surface area contributed by atoms with Gasteiger partial charge in [-0.1, -0.05) is 35.5 Å². The Labute approximate surface area is 106 Å². The molecule has 0 spiro atoms. The van der Waals surface area contributed by atoms with E-state index in [2.05, 4.69) is 34.3 Å². The maximum atomic E-state index is 6.24. The molecule has 4 heteroatoms. The molecule has 2 heterocycles. The molecule has 0 saturated carbocycles. The highest BCUT2D eigenvalue weighted by Crippen LogP contribution is 2.27. The van der Waals surface area contributed by atoms with Gasteiger partial charge in [-0.2, -0.15) is 0 Å². The molecule has 0 aliphatic carbocycles. The van der Waals surface area contributed by atoms with E-state index in [0.717, 1.165) is 25.3 Å². The van der Waals surface area contributed by atoms with Gasteiger partial charge in [0, 0.05) is 37.7 Å². The van der Waals surface area contributed by atoms with Crippen molar-refractivity contribution in [1.29, 1.82) is 0 Å². The van der Waals surface area contributed by atoms with Crippen molar-refractivity contribution in [2.24, 2.45) is 5.73 Å². The predicted molar refractivity (Wildman–Crippen MR) is 68.9 cm³/mol. The van der Waals surface area contributed by atoms with Crippen LogP contribution in [0.4, 0.5) is 0 Å². The SMILES string of the molecule is N[C@@H]1CN(Cc2ccon2)C[C@H]1c1ccccc1. The molecule has 1 fully saturated rings. The molecule has 2 aromatic rings. The lowest BCUT2D eigenvalue weighted by atomic mass is 9.95. The molecule has 94 valence electrons. The number of rotatable bonds is 3. The molecule has 0 radical (unpaired) electrons. The van der Waals surface area contributed by atoms with Gasteiger partial charge in [0.2, 0.25) is 0 Å². The average Bonchev–Trinajstić information content (AvgIpc) is 3.01. The van der Waals surface area contributed by atoms with Gasteiger partial charge in [0.1, 0.15) is 6.26 Å². The molecule has 2 atom stereocenters. The second-order valence-corrected chi connectivity index (χ2v) is 4.87. The fourth-order valence-corrected chi connectivity index (χ4v) is 2.64. The van der Waals surface area contributed by atoms with Crippen LogP contribution in [0.5, 0.6) is 0 Å². The smallest absolute Gasteiger partial charge is 0.124 e. The van der Waals surface area contributed by atoms with Crippen LogP contribution in [-0.2, 0) is 6.54 Å². The fourth-order valence-electron chi connectivity index (χ4n) is 2.64. The highest BCUT2D eigenvalue weighted by atomic mass is 16.5. The first-order chi connectivity index (χ1) is 8.83. The maximum absolute atomic E-state index is 6.24. The first-order valence-corrected chi connectivity index (χ1v) is 6.25. The third-order valence-corrected chi connectivity index (χ3v) is 3.55. The van der Waals surface area contributed by atoms with Crippen molar-refractivity contribution in [3.8, 4) is 0 Å². The van der Waals surface area contributed by atoms with Crippen molar-refractivity contribution in [2.45, 2.75) is 18.5 Å². The highest BCUT2D eigenvalue weighted by Gasteiger charge is 2.31. The number of benzene rings is 1. The number of likely N-dealkylation sites (tertiary alicyclic amines) is 1. The summed E-state index contributed by atoms with van der Waals surface area (Å²) < 4.78 is 4.86. The molecule has 1 aromatic heterocycles. The molecule has 1 saturated heterocycles. The van der Waals surface area contributed by atoms with Gasteiger partial charge in [0.25, 0.3) is 0 Å². The van der Waals surface area contributed by atoms with E-state index < -0.39 is 0 Å². The third-order valence-electron chi connectivity index (χ3n) is 3.55. The molecule has 1 aliphatic rings. The predicted octanol–water partition coefficient (Wildman–Crippen LogP) is 1.60. The van der Waals surface area contributed by atoms with Crippen molar-refractivity contribution in [2.75, 3.05) is 13.1 Å². The van der Waals surface area contributed by atoms with Crippen molar-refractivity contribution in [3.63, 3.8) is 0 Å². The van der Waals surface area contributed by atoms with Crippen LogP contribution in [0.25, 0.3) is 0 Å². The normalized spacial score (nSPS) is 24.5. The topological polar surface area (TPSA) is 55.3 Å². The molecule has 0 unspecified atom stereocenters. The van der Waals surface area contributed by atoms with Crippen LogP contribution in [0.2, 0.25) is 0 Å². The van der Waals surface area contributed by atoms with Crippen LogP contribution >= 0.6 is 0 Å². The van der Waals surface area contributed by atoms with E-state index in [-0.39, 0.29) is 6.04 Å². The number of nitrogens with two attached hydrogens (primary N) is 1. The van der Waals surface area contributed by atoms with E-state index in [9.17, 15) is 0 Å². The van der Waals surface area contributed by atoms with Gasteiger partial charge in [-0.3, -0.25) is 4.90 Å². The Morgan fingerprint density at radius 1 is 1.22 bits per heavy atom. The van der Waals surface area contributed by atoms with E-state index in [1.165, 1.54) is 5.56 Å². The maximum Gasteiger partial charge on any atom is 0.124 e. The van der Waals surface area contributed by atoms with Crippen LogP contribution in [-0.4, -0.2) is 29.2 Å². The van der Waals surface area contributed by atoms with E-state index in [0.29, 0.717) is 5.92 Å². The Hall–Kier alpha value is -1.65. The molecule has 18 heavy (non-hydrogen) atoms. The Balaban J connectivity index is 1.69. The summed E-state index contributed by atoms with van der Waals surface area (Å²) >= 11 is 0. The zero-order valence-corrected chi connectivity index (χ0v) is 10.2. The second-order valence-electron chi connectivity index (χ2n) is 4.87. The van der Waals surface area contributed by atoms with Crippen LogP contribution in [0.3, 0.4) is 0 Å². The van der Waals surface area contributed by atoms with Gasteiger partial charge < -0.3 is 10.3 Å². The van der Waals surface area contributed by atoms with Crippen LogP contribution < -0.4 is 5.73 Å². The van der Waals surface area contributed by atoms with E-state index >= 15 is 0 Å². The number of hydrogen-bond acceptors (Lipinski definition) is 4. The van der Waals surface area contributed by atoms with Gasteiger partial charge >= 0.3 is 0 Å². The van der Waals surface area contributed by atoms with E-state index in [1.807, 2.05) is 12.1 Å². The zero-order valence-electron chi connectivity index (χ0n) is 10.2. The van der Waals surface area contributed by atoms with Crippen LogP contribution in [0.1, 0.15) is 17.2 Å². The van der Waals surface area contributed by atoms with Crippen molar-refractivity contribution in [1.82, 2.24) is 10.1 Å². The fraction of sp³-hybridized carbons (Fsp3) is 0.357. The van der Waals surface area contributed by atoms with Gasteiger partial charge in [-0.15, -0.1) is 0 Å². The molecule has 0 bridgehead atoms. The number of hydrogen-bond donors (Lipinski definition) is 1. The second kappa shape index (κ2) is 4.92. The minimum Gasteiger partial charge on any atom is -0.364 e. The summed E-state index contributed by atoms with van der Waals surface area (Å²) in [5.74, 6) is 0.415. The standard InChI is InChI=1S/C14H17N3O/c15-14-10-17(8-12-6-7-18-16-12)9-13(14)11-4-2-1-3-5-11/h1-7,13-14H,8-10,15H2/t13-,14+/m0/s1. The monoisotopic (exact) mass is 243 g/mol. The Morgan fingerprint density at radius 3 is 2.78 bits per heavy atom. The van der Waals surface area contributed by atoms with Gasteiger partial charge in [-0.25, -0.2) is 0 Å². The minimum absolute atomic E-state index is 0.194. The van der Waals surface area contributed by atoms with E-state index in [4.69, 9.17) is 10.3 Å². The molecule has 4 nitrogen and oxygen atoms in total. The Kier molecular flexibility index (Phi) is 3.13. The zero-order chi connectivity index (χ0) is 12.4. The molecular weight excluding hydrogens is 226 g/mol. The first-order valence-electron chi connectivity index (χ1n) is 6.25. The molecule has 1 aromatic carbocycles. The summed E-state index contributed by atoms with van der Waals surface area (Å²) in [6.45, 7) is 2.71. The molecule has 2 N–H and O–H groups in total. The summed E-state index contributed by atoms with van der Waals surface area (Å²) in [7, 11) is 0. The first kappa shape index (κ1) is 11.4. The quantitative estimate of drug-likeness (QED) is 0.889. The summed E-state index contributed by atoms with van der Waals surface area (Å²) in [6, 6.07) is 12.6.